The quantitative estimate of drug-likeness (QED) is 0.898. The van der Waals surface area contributed by atoms with Crippen LogP contribution in [0.2, 0.25) is 0 Å². The van der Waals surface area contributed by atoms with E-state index >= 15 is 0 Å². The standard InChI is InChI=1S/C17H25NO3/c1-11(2)12-6-7-13-9-20-10-15(14(13)8-12)18-16(19)21-17(3,4)5/h6-8,11,15H,9-10H2,1-5H3,(H,18,19). The van der Waals surface area contributed by atoms with Crippen LogP contribution < -0.4 is 5.32 Å². The summed E-state index contributed by atoms with van der Waals surface area (Å²) in [6.07, 6.45) is -0.404. The molecule has 1 heterocycles. The van der Waals surface area contributed by atoms with Crippen molar-refractivity contribution in [1.29, 1.82) is 0 Å². The van der Waals surface area contributed by atoms with Gasteiger partial charge in [-0.15, -0.1) is 0 Å². The second-order valence-electron chi connectivity index (χ2n) is 6.83. The number of amides is 1. The number of rotatable bonds is 2. The number of carbonyl (C=O) groups excluding carboxylic acids is 1. The molecule has 1 amide bonds. The number of nitrogens with one attached hydrogen (secondary N) is 1. The number of benzene rings is 1. The molecule has 1 unspecified atom stereocenters. The van der Waals surface area contributed by atoms with E-state index in [0.717, 1.165) is 11.1 Å². The van der Waals surface area contributed by atoms with Gasteiger partial charge in [0.25, 0.3) is 0 Å². The van der Waals surface area contributed by atoms with Crippen molar-refractivity contribution < 1.29 is 14.3 Å². The summed E-state index contributed by atoms with van der Waals surface area (Å²) in [7, 11) is 0. The Morgan fingerprint density at radius 1 is 1.38 bits per heavy atom. The van der Waals surface area contributed by atoms with Gasteiger partial charge in [0.15, 0.2) is 0 Å². The third-order valence-corrected chi connectivity index (χ3v) is 3.45. The highest BCUT2D eigenvalue weighted by Crippen LogP contribution is 2.28. The second kappa shape index (κ2) is 6.06. The van der Waals surface area contributed by atoms with Crippen molar-refractivity contribution in [1.82, 2.24) is 5.32 Å². The highest BCUT2D eigenvalue weighted by atomic mass is 16.6. The van der Waals surface area contributed by atoms with Gasteiger partial charge in [0.2, 0.25) is 0 Å². The van der Waals surface area contributed by atoms with Crippen LogP contribution in [0.3, 0.4) is 0 Å². The Kier molecular flexibility index (Phi) is 4.57. The van der Waals surface area contributed by atoms with Gasteiger partial charge in [-0.05, 0) is 43.4 Å². The summed E-state index contributed by atoms with van der Waals surface area (Å²) in [5, 5.41) is 2.91. The molecule has 0 saturated carbocycles. The summed E-state index contributed by atoms with van der Waals surface area (Å²) < 4.78 is 10.9. The molecule has 0 aromatic heterocycles. The lowest BCUT2D eigenvalue weighted by atomic mass is 9.93. The van der Waals surface area contributed by atoms with Crippen molar-refractivity contribution in [3.63, 3.8) is 0 Å². The van der Waals surface area contributed by atoms with Gasteiger partial charge < -0.3 is 14.8 Å². The molecule has 0 aliphatic carbocycles. The van der Waals surface area contributed by atoms with Crippen LogP contribution >= 0.6 is 0 Å². The summed E-state index contributed by atoms with van der Waals surface area (Å²) >= 11 is 0. The zero-order chi connectivity index (χ0) is 15.6. The molecular formula is C17H25NO3. The third-order valence-electron chi connectivity index (χ3n) is 3.45. The SMILES string of the molecule is CC(C)c1ccc2c(c1)C(NC(=O)OC(C)(C)C)COC2. The Morgan fingerprint density at radius 2 is 2.10 bits per heavy atom. The Labute approximate surface area is 126 Å². The fraction of sp³-hybridized carbons (Fsp3) is 0.588. The van der Waals surface area contributed by atoms with Crippen LogP contribution in [0.5, 0.6) is 0 Å². The lowest BCUT2D eigenvalue weighted by molar-refractivity contribution is 0.0390. The lowest BCUT2D eigenvalue weighted by Gasteiger charge is -2.29. The minimum absolute atomic E-state index is 0.151. The smallest absolute Gasteiger partial charge is 0.408 e. The van der Waals surface area contributed by atoms with E-state index in [-0.39, 0.29) is 6.04 Å². The minimum Gasteiger partial charge on any atom is -0.444 e. The first kappa shape index (κ1) is 15.8. The number of hydrogen-bond donors (Lipinski definition) is 1. The molecule has 0 fully saturated rings. The number of alkyl carbamates (subject to hydrolysis) is 1. The molecular weight excluding hydrogens is 266 g/mol. The van der Waals surface area contributed by atoms with E-state index in [0.29, 0.717) is 19.1 Å². The zero-order valence-electron chi connectivity index (χ0n) is 13.5. The molecule has 1 aliphatic heterocycles. The van der Waals surface area contributed by atoms with Crippen LogP contribution in [-0.4, -0.2) is 18.3 Å². The molecule has 1 aromatic carbocycles. The minimum atomic E-state index is -0.498. The van der Waals surface area contributed by atoms with E-state index in [1.165, 1.54) is 5.56 Å². The van der Waals surface area contributed by atoms with E-state index in [2.05, 4.69) is 37.4 Å². The van der Waals surface area contributed by atoms with Gasteiger partial charge in [0.05, 0.1) is 19.3 Å². The third kappa shape index (κ3) is 4.21. The summed E-state index contributed by atoms with van der Waals surface area (Å²) in [6.45, 7) is 11.0. The molecule has 0 radical (unpaired) electrons. The molecule has 1 aromatic rings. The number of carbonyl (C=O) groups is 1. The first-order chi connectivity index (χ1) is 9.76. The fourth-order valence-electron chi connectivity index (χ4n) is 2.37. The normalized spacial score (nSPS) is 18.3. The van der Waals surface area contributed by atoms with Crippen molar-refractivity contribution in [3.8, 4) is 0 Å². The van der Waals surface area contributed by atoms with Crippen molar-refractivity contribution in [2.45, 2.75) is 58.8 Å². The molecule has 21 heavy (non-hydrogen) atoms. The average molecular weight is 291 g/mol. The number of ether oxygens (including phenoxy) is 2. The number of hydrogen-bond acceptors (Lipinski definition) is 3. The molecule has 0 saturated heterocycles. The largest absolute Gasteiger partial charge is 0.444 e. The zero-order valence-corrected chi connectivity index (χ0v) is 13.5. The second-order valence-corrected chi connectivity index (χ2v) is 6.83. The number of fused-ring (bicyclic) bond motifs is 1. The first-order valence-electron chi connectivity index (χ1n) is 7.46. The van der Waals surface area contributed by atoms with Crippen LogP contribution in [0.1, 0.15) is 63.3 Å². The summed E-state index contributed by atoms with van der Waals surface area (Å²) in [6, 6.07) is 6.24. The van der Waals surface area contributed by atoms with Crippen molar-refractivity contribution in [2.75, 3.05) is 6.61 Å². The van der Waals surface area contributed by atoms with Gasteiger partial charge in [-0.1, -0.05) is 32.0 Å². The summed E-state index contributed by atoms with van der Waals surface area (Å²) in [5.41, 5.74) is 3.04. The Bertz CT molecular complexity index is 517. The van der Waals surface area contributed by atoms with E-state index in [4.69, 9.17) is 9.47 Å². The van der Waals surface area contributed by atoms with Crippen LogP contribution in [-0.2, 0) is 16.1 Å². The molecule has 1 atom stereocenters. The van der Waals surface area contributed by atoms with Gasteiger partial charge in [-0.3, -0.25) is 0 Å². The maximum Gasteiger partial charge on any atom is 0.408 e. The monoisotopic (exact) mass is 291 g/mol. The molecule has 1 aliphatic rings. The Balaban J connectivity index is 2.17. The lowest BCUT2D eigenvalue weighted by Crippen LogP contribution is -2.38. The molecule has 0 spiro atoms. The molecule has 1 N–H and O–H groups in total. The predicted molar refractivity (Wildman–Crippen MR) is 82.3 cm³/mol. The van der Waals surface area contributed by atoms with Crippen molar-refractivity contribution in [3.05, 3.63) is 34.9 Å². The van der Waals surface area contributed by atoms with Crippen LogP contribution in [0.25, 0.3) is 0 Å². The van der Waals surface area contributed by atoms with E-state index in [1.807, 2.05) is 20.8 Å². The van der Waals surface area contributed by atoms with E-state index in [1.54, 1.807) is 0 Å². The van der Waals surface area contributed by atoms with Gasteiger partial charge in [-0.25, -0.2) is 4.79 Å². The topological polar surface area (TPSA) is 47.6 Å². The average Bonchev–Trinajstić information content (AvgIpc) is 2.36. The molecule has 4 nitrogen and oxygen atoms in total. The molecule has 2 rings (SSSR count). The highest BCUT2D eigenvalue weighted by Gasteiger charge is 2.25. The Morgan fingerprint density at radius 3 is 2.71 bits per heavy atom. The summed E-state index contributed by atoms with van der Waals surface area (Å²) in [4.78, 5) is 12.0. The van der Waals surface area contributed by atoms with Crippen LogP contribution in [0.4, 0.5) is 4.79 Å². The Hall–Kier alpha value is -1.55. The van der Waals surface area contributed by atoms with Crippen molar-refractivity contribution >= 4 is 6.09 Å². The first-order valence-corrected chi connectivity index (χ1v) is 7.46. The van der Waals surface area contributed by atoms with Gasteiger partial charge in [0, 0.05) is 0 Å². The molecule has 4 heteroatoms. The maximum atomic E-state index is 12.0. The van der Waals surface area contributed by atoms with Gasteiger partial charge in [0.1, 0.15) is 5.60 Å². The van der Waals surface area contributed by atoms with Gasteiger partial charge >= 0.3 is 6.09 Å². The van der Waals surface area contributed by atoms with Crippen LogP contribution in [0, 0.1) is 0 Å². The van der Waals surface area contributed by atoms with E-state index < -0.39 is 11.7 Å². The highest BCUT2D eigenvalue weighted by molar-refractivity contribution is 5.68. The van der Waals surface area contributed by atoms with Crippen molar-refractivity contribution in [2.24, 2.45) is 0 Å². The van der Waals surface area contributed by atoms with Gasteiger partial charge in [-0.2, -0.15) is 0 Å². The van der Waals surface area contributed by atoms with Crippen LogP contribution in [0.15, 0.2) is 18.2 Å². The fourth-order valence-corrected chi connectivity index (χ4v) is 2.37. The molecule has 116 valence electrons. The maximum absolute atomic E-state index is 12.0. The molecule has 0 bridgehead atoms. The van der Waals surface area contributed by atoms with E-state index in [9.17, 15) is 4.79 Å². The predicted octanol–water partition coefficient (Wildman–Crippen LogP) is 3.91. The summed E-state index contributed by atoms with van der Waals surface area (Å²) in [5.74, 6) is 0.459.